The van der Waals surface area contributed by atoms with Crippen LogP contribution in [0.25, 0.3) is 0 Å². The first kappa shape index (κ1) is 18.5. The van der Waals surface area contributed by atoms with Gasteiger partial charge in [0.2, 0.25) is 0 Å². The fourth-order valence-electron chi connectivity index (χ4n) is 3.29. The van der Waals surface area contributed by atoms with Gasteiger partial charge in [-0.25, -0.2) is 0 Å². The number of hydrogen-bond donors (Lipinski definition) is 1. The predicted octanol–water partition coefficient (Wildman–Crippen LogP) is 5.59. The zero-order valence-corrected chi connectivity index (χ0v) is 15.9. The Bertz CT molecular complexity index is 652. The summed E-state index contributed by atoms with van der Waals surface area (Å²) in [5.74, 6) is 1.95. The molecule has 2 nitrogen and oxygen atoms in total. The number of hydrogen-bond acceptors (Lipinski definition) is 2. The Labute approximate surface area is 147 Å². The van der Waals surface area contributed by atoms with Gasteiger partial charge < -0.3 is 10.5 Å². The molecule has 2 aromatic carbocycles. The van der Waals surface area contributed by atoms with Crippen LogP contribution in [-0.4, -0.2) is 0 Å². The van der Waals surface area contributed by atoms with Crippen molar-refractivity contribution in [1.29, 1.82) is 0 Å². The van der Waals surface area contributed by atoms with Crippen molar-refractivity contribution in [3.63, 3.8) is 0 Å². The Morgan fingerprint density at radius 3 is 1.83 bits per heavy atom. The Morgan fingerprint density at radius 2 is 1.42 bits per heavy atom. The van der Waals surface area contributed by atoms with Gasteiger partial charge in [0.25, 0.3) is 0 Å². The summed E-state index contributed by atoms with van der Waals surface area (Å²) in [6.07, 6.45) is 0. The van der Waals surface area contributed by atoms with E-state index in [0.29, 0.717) is 25.0 Å². The monoisotopic (exact) mass is 325 g/mol. The molecule has 0 saturated heterocycles. The minimum atomic E-state index is 0.446. The molecule has 0 aliphatic carbocycles. The van der Waals surface area contributed by atoms with Gasteiger partial charge in [0.1, 0.15) is 12.4 Å². The van der Waals surface area contributed by atoms with Crippen LogP contribution in [0.15, 0.2) is 30.3 Å². The van der Waals surface area contributed by atoms with Gasteiger partial charge in [-0.15, -0.1) is 0 Å². The molecule has 0 unspecified atom stereocenters. The molecule has 130 valence electrons. The van der Waals surface area contributed by atoms with Crippen molar-refractivity contribution in [3.05, 3.63) is 63.7 Å². The summed E-state index contributed by atoms with van der Waals surface area (Å²) < 4.78 is 6.33. The Hall–Kier alpha value is -1.80. The van der Waals surface area contributed by atoms with Crippen LogP contribution in [0.4, 0.5) is 0 Å². The second-order valence-corrected chi connectivity index (χ2v) is 7.28. The van der Waals surface area contributed by atoms with Gasteiger partial charge in [0, 0.05) is 6.54 Å². The molecule has 0 saturated carbocycles. The SMILES string of the molecule is Cc1cc(COc2c(C(C)C)cccc2C(C)C)cc(C)c1CN. The maximum Gasteiger partial charge on any atom is 0.126 e. The number of para-hydroxylation sites is 1. The average Bonchev–Trinajstić information content (AvgIpc) is 2.52. The lowest BCUT2D eigenvalue weighted by Crippen LogP contribution is -2.07. The molecule has 0 bridgehead atoms. The zero-order chi connectivity index (χ0) is 17.9. The highest BCUT2D eigenvalue weighted by Gasteiger charge is 2.15. The van der Waals surface area contributed by atoms with Crippen molar-refractivity contribution in [3.8, 4) is 5.75 Å². The average molecular weight is 325 g/mol. The van der Waals surface area contributed by atoms with E-state index in [-0.39, 0.29) is 0 Å². The third-order valence-electron chi connectivity index (χ3n) is 4.66. The number of nitrogens with two attached hydrogens (primary N) is 1. The summed E-state index contributed by atoms with van der Waals surface area (Å²) in [5, 5.41) is 0. The molecule has 2 N–H and O–H groups in total. The molecule has 0 aliphatic rings. The van der Waals surface area contributed by atoms with Gasteiger partial charge in [0.15, 0.2) is 0 Å². The maximum atomic E-state index is 6.33. The summed E-state index contributed by atoms with van der Waals surface area (Å²) in [7, 11) is 0. The lowest BCUT2D eigenvalue weighted by Gasteiger charge is -2.20. The fraction of sp³-hybridized carbons (Fsp3) is 0.455. The summed E-state index contributed by atoms with van der Waals surface area (Å²) >= 11 is 0. The molecule has 0 radical (unpaired) electrons. The van der Waals surface area contributed by atoms with Gasteiger partial charge in [-0.1, -0.05) is 58.0 Å². The number of aryl methyl sites for hydroxylation is 2. The molecule has 0 heterocycles. The first-order valence-corrected chi connectivity index (χ1v) is 8.89. The van der Waals surface area contributed by atoms with Crippen LogP contribution in [0, 0.1) is 13.8 Å². The standard InChI is InChI=1S/C22H31NO/c1-14(2)19-8-7-9-20(15(3)4)22(19)24-13-18-10-16(5)21(12-23)17(6)11-18/h7-11,14-15H,12-13,23H2,1-6H3. The van der Waals surface area contributed by atoms with Crippen molar-refractivity contribution in [1.82, 2.24) is 0 Å². The van der Waals surface area contributed by atoms with Crippen LogP contribution in [0.2, 0.25) is 0 Å². The van der Waals surface area contributed by atoms with Crippen molar-refractivity contribution in [2.24, 2.45) is 5.73 Å². The normalized spacial score (nSPS) is 11.4. The maximum absolute atomic E-state index is 6.33. The molecule has 24 heavy (non-hydrogen) atoms. The topological polar surface area (TPSA) is 35.2 Å². The first-order chi connectivity index (χ1) is 11.3. The Kier molecular flexibility index (Phi) is 6.06. The van der Waals surface area contributed by atoms with E-state index >= 15 is 0 Å². The van der Waals surface area contributed by atoms with Crippen LogP contribution >= 0.6 is 0 Å². The molecule has 2 heteroatoms. The molecule has 0 aliphatic heterocycles. The van der Waals surface area contributed by atoms with Gasteiger partial charge in [-0.05, 0) is 59.1 Å². The van der Waals surface area contributed by atoms with E-state index in [9.17, 15) is 0 Å². The highest BCUT2D eigenvalue weighted by Crippen LogP contribution is 2.35. The third kappa shape index (κ3) is 3.99. The summed E-state index contributed by atoms with van der Waals surface area (Å²) in [4.78, 5) is 0. The Morgan fingerprint density at radius 1 is 0.917 bits per heavy atom. The third-order valence-corrected chi connectivity index (χ3v) is 4.66. The quantitative estimate of drug-likeness (QED) is 0.751. The van der Waals surface area contributed by atoms with E-state index in [2.05, 4.69) is 71.9 Å². The van der Waals surface area contributed by atoms with E-state index < -0.39 is 0 Å². The molecular formula is C22H31NO. The predicted molar refractivity (Wildman–Crippen MR) is 103 cm³/mol. The summed E-state index contributed by atoms with van der Waals surface area (Å²) in [6, 6.07) is 10.9. The second kappa shape index (κ2) is 7.85. The lowest BCUT2D eigenvalue weighted by atomic mass is 9.94. The van der Waals surface area contributed by atoms with E-state index in [1.165, 1.54) is 33.4 Å². The first-order valence-electron chi connectivity index (χ1n) is 8.89. The number of benzene rings is 2. The molecule has 0 spiro atoms. The van der Waals surface area contributed by atoms with Crippen molar-refractivity contribution < 1.29 is 4.74 Å². The van der Waals surface area contributed by atoms with Gasteiger partial charge in [0.05, 0.1) is 0 Å². The van der Waals surface area contributed by atoms with Crippen LogP contribution in [0.5, 0.6) is 5.75 Å². The van der Waals surface area contributed by atoms with Crippen LogP contribution < -0.4 is 10.5 Å². The molecule has 0 fully saturated rings. The highest BCUT2D eigenvalue weighted by atomic mass is 16.5. The minimum absolute atomic E-state index is 0.446. The minimum Gasteiger partial charge on any atom is -0.488 e. The van der Waals surface area contributed by atoms with Gasteiger partial charge >= 0.3 is 0 Å². The van der Waals surface area contributed by atoms with Gasteiger partial charge in [-0.3, -0.25) is 0 Å². The van der Waals surface area contributed by atoms with E-state index in [1.54, 1.807) is 0 Å². The molecule has 2 rings (SSSR count). The van der Waals surface area contributed by atoms with Crippen LogP contribution in [0.1, 0.15) is 72.9 Å². The molecule has 0 aromatic heterocycles. The summed E-state index contributed by atoms with van der Waals surface area (Å²) in [6.45, 7) is 14.3. The van der Waals surface area contributed by atoms with E-state index in [1.807, 2.05) is 0 Å². The summed E-state index contributed by atoms with van der Waals surface area (Å²) in [5.41, 5.74) is 13.4. The lowest BCUT2D eigenvalue weighted by molar-refractivity contribution is 0.297. The van der Waals surface area contributed by atoms with Crippen LogP contribution in [0.3, 0.4) is 0 Å². The molecule has 0 atom stereocenters. The zero-order valence-electron chi connectivity index (χ0n) is 15.9. The van der Waals surface area contributed by atoms with Gasteiger partial charge in [-0.2, -0.15) is 0 Å². The second-order valence-electron chi connectivity index (χ2n) is 7.28. The smallest absolute Gasteiger partial charge is 0.126 e. The molecule has 0 amide bonds. The Balaban J connectivity index is 2.32. The fourth-order valence-corrected chi connectivity index (χ4v) is 3.29. The van der Waals surface area contributed by atoms with E-state index in [0.717, 1.165) is 5.75 Å². The highest BCUT2D eigenvalue weighted by molar-refractivity contribution is 5.45. The number of ether oxygens (including phenoxy) is 1. The van der Waals surface area contributed by atoms with E-state index in [4.69, 9.17) is 10.5 Å². The molecular weight excluding hydrogens is 294 g/mol. The van der Waals surface area contributed by atoms with Crippen LogP contribution in [-0.2, 0) is 13.2 Å². The number of rotatable bonds is 6. The van der Waals surface area contributed by atoms with Crippen molar-refractivity contribution in [2.45, 2.75) is 66.5 Å². The van der Waals surface area contributed by atoms with Crippen molar-refractivity contribution in [2.75, 3.05) is 0 Å². The van der Waals surface area contributed by atoms with Crippen molar-refractivity contribution >= 4 is 0 Å². The molecule has 2 aromatic rings. The largest absolute Gasteiger partial charge is 0.488 e.